The van der Waals surface area contributed by atoms with Crippen molar-refractivity contribution >= 4 is 37.9 Å². The number of benzene rings is 2. The van der Waals surface area contributed by atoms with Crippen LogP contribution in [0.25, 0.3) is 16.3 Å². The van der Waals surface area contributed by atoms with Crippen LogP contribution in [0.3, 0.4) is 0 Å². The maximum absolute atomic E-state index is 13.0. The number of fused-ring (bicyclic) bond motifs is 1. The van der Waals surface area contributed by atoms with Gasteiger partial charge in [-0.25, -0.2) is 22.0 Å². The van der Waals surface area contributed by atoms with E-state index in [1.54, 1.807) is 16.6 Å². The average Bonchev–Trinajstić information content (AvgIpc) is 3.22. The van der Waals surface area contributed by atoms with Gasteiger partial charge in [0.1, 0.15) is 5.82 Å². The molecule has 0 saturated carbocycles. The van der Waals surface area contributed by atoms with Crippen molar-refractivity contribution in [3.05, 3.63) is 69.9 Å². The number of nitrogens with zero attached hydrogens (tertiary/aromatic N) is 3. The maximum Gasteiger partial charge on any atom is 0.240 e. The Bertz CT molecular complexity index is 1270. The fraction of sp³-hybridized carbons (Fsp3) is 0.158. The molecule has 1 N–H and O–H groups in total. The third-order valence-electron chi connectivity index (χ3n) is 4.38. The number of halogens is 2. The van der Waals surface area contributed by atoms with E-state index in [4.69, 9.17) is 11.6 Å². The van der Waals surface area contributed by atoms with E-state index >= 15 is 0 Å². The molecule has 0 fully saturated rings. The third-order valence-corrected chi connectivity index (χ3v) is 7.31. The van der Waals surface area contributed by atoms with E-state index < -0.39 is 15.8 Å². The van der Waals surface area contributed by atoms with E-state index in [9.17, 15) is 12.8 Å². The molecule has 0 unspecified atom stereocenters. The van der Waals surface area contributed by atoms with Gasteiger partial charge >= 0.3 is 0 Å². The summed E-state index contributed by atoms with van der Waals surface area (Å²) in [5, 5.41) is 5.19. The maximum atomic E-state index is 13.0. The van der Waals surface area contributed by atoms with Crippen molar-refractivity contribution in [2.45, 2.75) is 18.2 Å². The fourth-order valence-electron chi connectivity index (χ4n) is 2.83. The van der Waals surface area contributed by atoms with Crippen molar-refractivity contribution in [3.63, 3.8) is 0 Å². The quantitative estimate of drug-likeness (QED) is 0.480. The molecule has 0 spiro atoms. The molecule has 0 radical (unpaired) electrons. The highest BCUT2D eigenvalue weighted by atomic mass is 35.5. The molecule has 0 atom stereocenters. The van der Waals surface area contributed by atoms with Gasteiger partial charge in [-0.3, -0.25) is 0 Å². The minimum Gasteiger partial charge on any atom is -0.211 e. The Morgan fingerprint density at radius 2 is 1.83 bits per heavy atom. The minimum absolute atomic E-state index is 0.0332. The van der Waals surface area contributed by atoms with Gasteiger partial charge in [0, 0.05) is 22.0 Å². The van der Waals surface area contributed by atoms with Gasteiger partial charge in [-0.1, -0.05) is 22.9 Å². The lowest BCUT2D eigenvalue weighted by Crippen LogP contribution is -2.26. The zero-order valence-corrected chi connectivity index (χ0v) is 17.7. The van der Waals surface area contributed by atoms with Crippen LogP contribution < -0.4 is 4.72 Å². The zero-order valence-electron chi connectivity index (χ0n) is 15.3. The van der Waals surface area contributed by atoms with Crippen molar-refractivity contribution in [2.24, 2.45) is 0 Å². The first-order valence-corrected chi connectivity index (χ1v) is 11.4. The SMILES string of the molecule is Cc1c(CCNS(=O)(=O)c2ccc(F)cc2)sc2nc(-c3ccc(Cl)cc3)nn12. The molecule has 0 amide bonds. The van der Waals surface area contributed by atoms with Gasteiger partial charge in [0.05, 0.1) is 10.6 Å². The number of aryl methyl sites for hydroxylation is 1. The van der Waals surface area contributed by atoms with Crippen LogP contribution in [0.2, 0.25) is 5.02 Å². The van der Waals surface area contributed by atoms with E-state index in [1.165, 1.54) is 23.5 Å². The van der Waals surface area contributed by atoms with Crippen molar-refractivity contribution in [3.8, 4) is 11.4 Å². The number of hydrogen-bond acceptors (Lipinski definition) is 5. The number of sulfonamides is 1. The fourth-order valence-corrected chi connectivity index (χ4v) is 5.05. The topological polar surface area (TPSA) is 76.4 Å². The molecule has 10 heteroatoms. The smallest absolute Gasteiger partial charge is 0.211 e. The van der Waals surface area contributed by atoms with Crippen molar-refractivity contribution in [1.29, 1.82) is 0 Å². The van der Waals surface area contributed by atoms with Gasteiger partial charge in [-0.15, -0.1) is 5.10 Å². The van der Waals surface area contributed by atoms with E-state index in [1.807, 2.05) is 19.1 Å². The molecule has 4 aromatic rings. The second kappa shape index (κ2) is 7.83. The minimum atomic E-state index is -3.68. The highest BCUT2D eigenvalue weighted by molar-refractivity contribution is 7.89. The normalized spacial score (nSPS) is 12.0. The van der Waals surface area contributed by atoms with Gasteiger partial charge in [0.15, 0.2) is 5.82 Å². The van der Waals surface area contributed by atoms with Crippen molar-refractivity contribution in [1.82, 2.24) is 19.3 Å². The molecule has 0 aliphatic rings. The van der Waals surface area contributed by atoms with Crippen LogP contribution in [0.5, 0.6) is 0 Å². The summed E-state index contributed by atoms with van der Waals surface area (Å²) in [5.41, 5.74) is 1.79. The summed E-state index contributed by atoms with van der Waals surface area (Å²) in [4.78, 5) is 6.32. The summed E-state index contributed by atoms with van der Waals surface area (Å²) in [7, 11) is -3.68. The molecule has 29 heavy (non-hydrogen) atoms. The summed E-state index contributed by atoms with van der Waals surface area (Å²) in [6.45, 7) is 2.14. The first-order valence-electron chi connectivity index (χ1n) is 8.70. The lowest BCUT2D eigenvalue weighted by Gasteiger charge is -2.06. The Morgan fingerprint density at radius 1 is 1.14 bits per heavy atom. The van der Waals surface area contributed by atoms with Gasteiger partial charge in [0.25, 0.3) is 0 Å². The molecule has 2 aromatic heterocycles. The van der Waals surface area contributed by atoms with E-state index in [0.29, 0.717) is 17.3 Å². The monoisotopic (exact) mass is 450 g/mol. The van der Waals surface area contributed by atoms with Crippen LogP contribution in [0.4, 0.5) is 4.39 Å². The molecule has 0 aliphatic carbocycles. The summed E-state index contributed by atoms with van der Waals surface area (Å²) < 4.78 is 41.9. The van der Waals surface area contributed by atoms with Crippen LogP contribution in [0.15, 0.2) is 53.4 Å². The summed E-state index contributed by atoms with van der Waals surface area (Å²) in [6.07, 6.45) is 0.498. The second-order valence-electron chi connectivity index (χ2n) is 6.35. The van der Waals surface area contributed by atoms with Crippen LogP contribution in [0.1, 0.15) is 10.6 Å². The Labute approximate surface area is 176 Å². The Balaban J connectivity index is 1.47. The number of thiazole rings is 1. The predicted molar refractivity (Wildman–Crippen MR) is 111 cm³/mol. The summed E-state index contributed by atoms with van der Waals surface area (Å²) in [6, 6.07) is 12.0. The molecular formula is C19H16ClFN4O2S2. The van der Waals surface area contributed by atoms with Gasteiger partial charge < -0.3 is 0 Å². The molecule has 4 rings (SSSR count). The molecule has 0 saturated heterocycles. The second-order valence-corrected chi connectivity index (χ2v) is 9.61. The predicted octanol–water partition coefficient (Wildman–Crippen LogP) is 4.08. The summed E-state index contributed by atoms with van der Waals surface area (Å²) in [5.74, 6) is 0.131. The lowest BCUT2D eigenvalue weighted by atomic mass is 10.2. The standard InChI is InChI=1S/C19H16ClFN4O2S2/c1-12-17(10-11-22-29(26,27)16-8-6-15(21)7-9-16)28-19-23-18(24-25(12)19)13-2-4-14(20)5-3-13/h2-9,22H,10-11H2,1H3. The van der Waals surface area contributed by atoms with E-state index in [2.05, 4.69) is 14.8 Å². The van der Waals surface area contributed by atoms with Gasteiger partial charge in [0.2, 0.25) is 15.0 Å². The Kier molecular flexibility index (Phi) is 5.39. The highest BCUT2D eigenvalue weighted by Crippen LogP contribution is 2.26. The number of nitrogens with one attached hydrogen (secondary N) is 1. The first kappa shape index (κ1) is 20.0. The zero-order chi connectivity index (χ0) is 20.6. The Hall–Kier alpha value is -2.33. The third kappa shape index (κ3) is 4.18. The van der Waals surface area contributed by atoms with Crippen LogP contribution >= 0.6 is 22.9 Å². The molecule has 6 nitrogen and oxygen atoms in total. The molecule has 2 heterocycles. The number of hydrogen-bond donors (Lipinski definition) is 1. The largest absolute Gasteiger partial charge is 0.240 e. The van der Waals surface area contributed by atoms with E-state index in [-0.39, 0.29) is 11.4 Å². The van der Waals surface area contributed by atoms with Crippen LogP contribution in [0, 0.1) is 12.7 Å². The highest BCUT2D eigenvalue weighted by Gasteiger charge is 2.17. The first-order chi connectivity index (χ1) is 13.8. The van der Waals surface area contributed by atoms with Crippen LogP contribution in [-0.4, -0.2) is 29.6 Å². The molecule has 150 valence electrons. The molecule has 0 bridgehead atoms. The number of rotatable bonds is 6. The van der Waals surface area contributed by atoms with Gasteiger partial charge in [-0.2, -0.15) is 4.98 Å². The van der Waals surface area contributed by atoms with Crippen LogP contribution in [-0.2, 0) is 16.4 Å². The average molecular weight is 451 g/mol. The molecule has 0 aliphatic heterocycles. The molecule has 2 aromatic carbocycles. The van der Waals surface area contributed by atoms with Crippen molar-refractivity contribution < 1.29 is 12.8 Å². The Morgan fingerprint density at radius 3 is 2.48 bits per heavy atom. The van der Waals surface area contributed by atoms with Gasteiger partial charge in [-0.05, 0) is 61.9 Å². The molecular weight excluding hydrogens is 435 g/mol. The van der Waals surface area contributed by atoms with E-state index in [0.717, 1.165) is 33.2 Å². The van der Waals surface area contributed by atoms with Crippen molar-refractivity contribution in [2.75, 3.05) is 6.54 Å². The number of aromatic nitrogens is 3. The summed E-state index contributed by atoms with van der Waals surface area (Å²) >= 11 is 7.39. The lowest BCUT2D eigenvalue weighted by molar-refractivity contribution is 0.580.